The lowest BCUT2D eigenvalue weighted by Gasteiger charge is -2.06. The molecule has 2 aromatic heterocycles. The van der Waals surface area contributed by atoms with Gasteiger partial charge in [-0.3, -0.25) is 4.98 Å². The number of hydrogen-bond acceptors (Lipinski definition) is 4. The van der Waals surface area contributed by atoms with Crippen LogP contribution in [0.4, 0.5) is 5.69 Å². The second-order valence-corrected chi connectivity index (χ2v) is 5.70. The first-order valence-electron chi connectivity index (χ1n) is 5.48. The van der Waals surface area contributed by atoms with Gasteiger partial charge in [-0.1, -0.05) is 0 Å². The zero-order chi connectivity index (χ0) is 12.4. The molecule has 3 rings (SSSR count). The van der Waals surface area contributed by atoms with Crippen molar-refractivity contribution >= 4 is 43.2 Å². The Labute approximate surface area is 117 Å². The van der Waals surface area contributed by atoms with Crippen molar-refractivity contribution in [2.24, 2.45) is 0 Å². The molecule has 0 aliphatic heterocycles. The Morgan fingerprint density at radius 2 is 2.17 bits per heavy atom. The third-order valence-electron chi connectivity index (χ3n) is 2.59. The van der Waals surface area contributed by atoms with Gasteiger partial charge in [-0.15, -0.1) is 11.3 Å². The fourth-order valence-electron chi connectivity index (χ4n) is 1.72. The average molecular weight is 320 g/mol. The molecule has 0 atom stereocenters. The molecule has 0 spiro atoms. The minimum absolute atomic E-state index is 0.761. The summed E-state index contributed by atoms with van der Waals surface area (Å²) in [7, 11) is 0. The highest BCUT2D eigenvalue weighted by Gasteiger charge is 1.99. The van der Waals surface area contributed by atoms with E-state index in [1.807, 2.05) is 23.8 Å². The first kappa shape index (κ1) is 11.6. The van der Waals surface area contributed by atoms with Crippen LogP contribution in [0, 0.1) is 0 Å². The molecule has 2 heterocycles. The molecule has 0 aliphatic rings. The standard InChI is InChI=1S/C13H10BrN3S/c14-10-3-9(5-15-7-10)6-16-11-1-2-12-13(4-11)18-8-17-12/h1-5,7-8,16H,6H2. The Kier molecular flexibility index (Phi) is 3.25. The second kappa shape index (κ2) is 5.04. The van der Waals surface area contributed by atoms with Crippen molar-refractivity contribution in [3.63, 3.8) is 0 Å². The van der Waals surface area contributed by atoms with Crippen LogP contribution in [0.1, 0.15) is 5.56 Å². The minimum atomic E-state index is 0.761. The van der Waals surface area contributed by atoms with E-state index in [0.717, 1.165) is 27.8 Å². The van der Waals surface area contributed by atoms with Crippen LogP contribution < -0.4 is 5.32 Å². The molecule has 0 unspecified atom stereocenters. The van der Waals surface area contributed by atoms with Gasteiger partial charge in [-0.2, -0.15) is 0 Å². The lowest BCUT2D eigenvalue weighted by molar-refractivity contribution is 1.11. The Morgan fingerprint density at radius 1 is 1.22 bits per heavy atom. The van der Waals surface area contributed by atoms with E-state index in [4.69, 9.17) is 0 Å². The molecule has 90 valence electrons. The summed E-state index contributed by atoms with van der Waals surface area (Å²) in [5.74, 6) is 0. The molecular formula is C13H10BrN3S. The van der Waals surface area contributed by atoms with Crippen LogP contribution in [0.2, 0.25) is 0 Å². The number of nitrogens with zero attached hydrogens (tertiary/aromatic N) is 2. The van der Waals surface area contributed by atoms with Crippen molar-refractivity contribution in [3.8, 4) is 0 Å². The summed E-state index contributed by atoms with van der Waals surface area (Å²) in [6.07, 6.45) is 3.65. The molecule has 1 aromatic carbocycles. The predicted molar refractivity (Wildman–Crippen MR) is 78.9 cm³/mol. The van der Waals surface area contributed by atoms with Crippen LogP contribution in [0.5, 0.6) is 0 Å². The van der Waals surface area contributed by atoms with E-state index in [9.17, 15) is 0 Å². The summed E-state index contributed by atoms with van der Waals surface area (Å²) in [6.45, 7) is 0.761. The van der Waals surface area contributed by atoms with E-state index in [1.54, 1.807) is 17.5 Å². The van der Waals surface area contributed by atoms with Crippen LogP contribution >= 0.6 is 27.3 Å². The Morgan fingerprint density at radius 3 is 3.06 bits per heavy atom. The summed E-state index contributed by atoms with van der Waals surface area (Å²) in [6, 6.07) is 8.27. The van der Waals surface area contributed by atoms with Gasteiger partial charge in [0, 0.05) is 29.1 Å². The lowest BCUT2D eigenvalue weighted by Crippen LogP contribution is -1.99. The number of fused-ring (bicyclic) bond motifs is 1. The van der Waals surface area contributed by atoms with Crippen molar-refractivity contribution in [1.29, 1.82) is 0 Å². The highest BCUT2D eigenvalue weighted by atomic mass is 79.9. The van der Waals surface area contributed by atoms with E-state index in [2.05, 4.69) is 43.3 Å². The number of nitrogens with one attached hydrogen (secondary N) is 1. The van der Waals surface area contributed by atoms with Gasteiger partial charge in [-0.25, -0.2) is 4.98 Å². The summed E-state index contributed by atoms with van der Waals surface area (Å²) < 4.78 is 2.20. The number of halogens is 1. The normalized spacial score (nSPS) is 10.7. The summed E-state index contributed by atoms with van der Waals surface area (Å²) in [5.41, 5.74) is 5.17. The zero-order valence-electron chi connectivity index (χ0n) is 9.43. The fraction of sp³-hybridized carbons (Fsp3) is 0.0769. The van der Waals surface area contributed by atoms with Crippen LogP contribution in [0.3, 0.4) is 0 Å². The molecule has 0 bridgehead atoms. The van der Waals surface area contributed by atoms with E-state index < -0.39 is 0 Å². The number of pyridine rings is 1. The van der Waals surface area contributed by atoms with Gasteiger partial charge in [0.25, 0.3) is 0 Å². The van der Waals surface area contributed by atoms with Gasteiger partial charge in [0.1, 0.15) is 0 Å². The highest BCUT2D eigenvalue weighted by Crippen LogP contribution is 2.22. The van der Waals surface area contributed by atoms with Gasteiger partial charge in [0.15, 0.2) is 0 Å². The molecule has 0 saturated carbocycles. The number of benzene rings is 1. The largest absolute Gasteiger partial charge is 0.381 e. The lowest BCUT2D eigenvalue weighted by atomic mass is 10.2. The third-order valence-corrected chi connectivity index (χ3v) is 3.81. The first-order valence-corrected chi connectivity index (χ1v) is 7.15. The molecular weight excluding hydrogens is 310 g/mol. The third kappa shape index (κ3) is 2.52. The Hall–Kier alpha value is -1.46. The van der Waals surface area contributed by atoms with Gasteiger partial charge < -0.3 is 5.32 Å². The van der Waals surface area contributed by atoms with Crippen molar-refractivity contribution in [3.05, 3.63) is 52.2 Å². The van der Waals surface area contributed by atoms with Crippen LogP contribution in [0.15, 0.2) is 46.6 Å². The molecule has 0 saturated heterocycles. The summed E-state index contributed by atoms with van der Waals surface area (Å²) in [5, 5.41) is 3.39. The zero-order valence-corrected chi connectivity index (χ0v) is 11.8. The van der Waals surface area contributed by atoms with Gasteiger partial charge >= 0.3 is 0 Å². The number of rotatable bonds is 3. The van der Waals surface area contributed by atoms with Gasteiger partial charge in [0.05, 0.1) is 15.7 Å². The fourth-order valence-corrected chi connectivity index (χ4v) is 2.85. The summed E-state index contributed by atoms with van der Waals surface area (Å²) >= 11 is 5.07. The van der Waals surface area contributed by atoms with Crippen molar-refractivity contribution < 1.29 is 0 Å². The Balaban J connectivity index is 1.76. The number of hydrogen-bond donors (Lipinski definition) is 1. The van der Waals surface area contributed by atoms with Crippen molar-refractivity contribution in [2.45, 2.75) is 6.54 Å². The minimum Gasteiger partial charge on any atom is -0.381 e. The quantitative estimate of drug-likeness (QED) is 0.790. The molecule has 0 aliphatic carbocycles. The first-order chi connectivity index (χ1) is 8.81. The number of anilines is 1. The highest BCUT2D eigenvalue weighted by molar-refractivity contribution is 9.10. The maximum atomic E-state index is 4.26. The molecule has 18 heavy (non-hydrogen) atoms. The topological polar surface area (TPSA) is 37.8 Å². The SMILES string of the molecule is Brc1cncc(CNc2ccc3ncsc3c2)c1. The molecule has 3 nitrogen and oxygen atoms in total. The molecule has 1 N–H and O–H groups in total. The van der Waals surface area contributed by atoms with Crippen molar-refractivity contribution in [1.82, 2.24) is 9.97 Å². The molecule has 0 fully saturated rings. The number of aromatic nitrogens is 2. The Bertz CT molecular complexity index is 681. The monoisotopic (exact) mass is 319 g/mol. The second-order valence-electron chi connectivity index (χ2n) is 3.90. The summed E-state index contributed by atoms with van der Waals surface area (Å²) in [4.78, 5) is 8.41. The van der Waals surface area contributed by atoms with Crippen LogP contribution in [-0.2, 0) is 6.54 Å². The van der Waals surface area contributed by atoms with Gasteiger partial charge in [0.2, 0.25) is 0 Å². The molecule has 0 radical (unpaired) electrons. The van der Waals surface area contributed by atoms with Crippen LogP contribution in [-0.4, -0.2) is 9.97 Å². The van der Waals surface area contributed by atoms with E-state index >= 15 is 0 Å². The molecule has 0 amide bonds. The van der Waals surface area contributed by atoms with E-state index in [-0.39, 0.29) is 0 Å². The molecule has 3 aromatic rings. The molecule has 5 heteroatoms. The smallest absolute Gasteiger partial charge is 0.0813 e. The maximum Gasteiger partial charge on any atom is 0.0813 e. The van der Waals surface area contributed by atoms with Crippen LogP contribution in [0.25, 0.3) is 10.2 Å². The maximum absolute atomic E-state index is 4.26. The van der Waals surface area contributed by atoms with E-state index in [0.29, 0.717) is 0 Å². The van der Waals surface area contributed by atoms with Crippen molar-refractivity contribution in [2.75, 3.05) is 5.32 Å². The predicted octanol–water partition coefficient (Wildman–Crippen LogP) is 4.07. The number of thiazole rings is 1. The van der Waals surface area contributed by atoms with E-state index in [1.165, 1.54) is 4.70 Å². The van der Waals surface area contributed by atoms with Gasteiger partial charge in [-0.05, 0) is 45.8 Å². The average Bonchev–Trinajstić information content (AvgIpc) is 2.84.